The Labute approximate surface area is 142 Å². The van der Waals surface area contributed by atoms with E-state index in [2.05, 4.69) is 58.2 Å². The summed E-state index contributed by atoms with van der Waals surface area (Å²) in [6.45, 7) is 8.64. The number of H-pyrrole nitrogens is 1. The minimum atomic E-state index is 0.189. The van der Waals surface area contributed by atoms with Crippen LogP contribution < -0.4 is 4.90 Å². The van der Waals surface area contributed by atoms with E-state index in [1.165, 1.54) is 11.3 Å². The van der Waals surface area contributed by atoms with Gasteiger partial charge in [-0.1, -0.05) is 18.2 Å². The summed E-state index contributed by atoms with van der Waals surface area (Å²) in [7, 11) is 0. The number of benzene rings is 1. The van der Waals surface area contributed by atoms with E-state index >= 15 is 0 Å². The second-order valence-corrected chi connectivity index (χ2v) is 6.51. The maximum absolute atomic E-state index is 12.5. The van der Waals surface area contributed by atoms with Crippen LogP contribution in [0.2, 0.25) is 0 Å². The second kappa shape index (κ2) is 7.03. The first-order chi connectivity index (χ1) is 11.5. The van der Waals surface area contributed by atoms with Gasteiger partial charge in [0.1, 0.15) is 5.82 Å². The summed E-state index contributed by atoms with van der Waals surface area (Å²) in [5.74, 6) is 1.69. The predicted octanol–water partition coefficient (Wildman–Crippen LogP) is 2.09. The molecule has 0 aliphatic carbocycles. The van der Waals surface area contributed by atoms with Gasteiger partial charge in [0.2, 0.25) is 5.91 Å². The molecule has 6 nitrogen and oxygen atoms in total. The minimum absolute atomic E-state index is 0.189. The van der Waals surface area contributed by atoms with Gasteiger partial charge >= 0.3 is 0 Å². The molecule has 1 aliphatic rings. The van der Waals surface area contributed by atoms with Gasteiger partial charge < -0.3 is 9.80 Å². The van der Waals surface area contributed by atoms with Gasteiger partial charge in [0.15, 0.2) is 5.82 Å². The van der Waals surface area contributed by atoms with E-state index in [9.17, 15) is 4.79 Å². The lowest BCUT2D eigenvalue weighted by Crippen LogP contribution is -2.54. The highest BCUT2D eigenvalue weighted by molar-refractivity contribution is 5.77. The van der Waals surface area contributed by atoms with E-state index in [4.69, 9.17) is 0 Å². The number of nitrogens with one attached hydrogen (secondary N) is 1. The Bertz CT molecular complexity index is 711. The van der Waals surface area contributed by atoms with E-state index < -0.39 is 0 Å². The zero-order valence-corrected chi connectivity index (χ0v) is 14.6. The Morgan fingerprint density at radius 2 is 2.08 bits per heavy atom. The Morgan fingerprint density at radius 3 is 2.75 bits per heavy atom. The fourth-order valence-electron chi connectivity index (χ4n) is 3.33. The highest BCUT2D eigenvalue weighted by Crippen LogP contribution is 2.23. The monoisotopic (exact) mass is 327 g/mol. The molecule has 1 atom stereocenters. The largest absolute Gasteiger partial charge is 0.367 e. The number of amides is 1. The summed E-state index contributed by atoms with van der Waals surface area (Å²) in [5.41, 5.74) is 2.55. The van der Waals surface area contributed by atoms with Crippen LogP contribution in [0.5, 0.6) is 0 Å². The molecule has 1 N–H and O–H groups in total. The van der Waals surface area contributed by atoms with Crippen LogP contribution in [0.15, 0.2) is 24.3 Å². The van der Waals surface area contributed by atoms with E-state index in [1.807, 2.05) is 11.8 Å². The van der Waals surface area contributed by atoms with Crippen LogP contribution in [-0.4, -0.2) is 51.7 Å². The maximum Gasteiger partial charge on any atom is 0.223 e. The molecule has 2 aromatic rings. The molecule has 1 aromatic carbocycles. The summed E-state index contributed by atoms with van der Waals surface area (Å²) in [4.78, 5) is 21.2. The number of aromatic nitrogens is 3. The maximum atomic E-state index is 12.5. The van der Waals surface area contributed by atoms with Crippen LogP contribution in [0.4, 0.5) is 5.69 Å². The minimum Gasteiger partial charge on any atom is -0.367 e. The van der Waals surface area contributed by atoms with Crippen LogP contribution >= 0.6 is 0 Å². The van der Waals surface area contributed by atoms with Crippen molar-refractivity contribution in [3.8, 4) is 0 Å². The average Bonchev–Trinajstić information content (AvgIpc) is 2.98. The molecule has 1 aromatic heterocycles. The topological polar surface area (TPSA) is 65.1 Å². The summed E-state index contributed by atoms with van der Waals surface area (Å²) in [6, 6.07) is 8.64. The molecular formula is C18H25N5O. The van der Waals surface area contributed by atoms with Gasteiger partial charge in [-0.2, -0.15) is 5.10 Å². The number of hydrogen-bond acceptors (Lipinski definition) is 4. The molecule has 0 radical (unpaired) electrons. The Morgan fingerprint density at radius 1 is 1.29 bits per heavy atom. The molecule has 0 bridgehead atoms. The zero-order chi connectivity index (χ0) is 17.1. The Hall–Kier alpha value is -2.37. The number of nitrogens with zero attached hydrogens (tertiary/aromatic N) is 4. The van der Waals surface area contributed by atoms with Crippen molar-refractivity contribution in [3.63, 3.8) is 0 Å². The lowest BCUT2D eigenvalue weighted by molar-refractivity contribution is -0.133. The molecule has 6 heteroatoms. The zero-order valence-electron chi connectivity index (χ0n) is 14.6. The first-order valence-corrected chi connectivity index (χ1v) is 8.52. The average molecular weight is 327 g/mol. The van der Waals surface area contributed by atoms with Crippen LogP contribution in [-0.2, 0) is 11.2 Å². The van der Waals surface area contributed by atoms with E-state index in [-0.39, 0.29) is 11.9 Å². The molecule has 3 rings (SSSR count). The highest BCUT2D eigenvalue weighted by atomic mass is 16.2. The summed E-state index contributed by atoms with van der Waals surface area (Å²) >= 11 is 0. The van der Waals surface area contributed by atoms with Gasteiger partial charge in [0, 0.05) is 44.2 Å². The van der Waals surface area contributed by atoms with Crippen LogP contribution in [0.3, 0.4) is 0 Å². The normalized spacial score (nSPS) is 18.0. The van der Waals surface area contributed by atoms with Gasteiger partial charge in [-0.15, -0.1) is 0 Å². The number of piperazine rings is 1. The summed E-state index contributed by atoms with van der Waals surface area (Å²) in [6.07, 6.45) is 1.06. The van der Waals surface area contributed by atoms with Crippen molar-refractivity contribution in [2.75, 3.05) is 24.5 Å². The third-order valence-corrected chi connectivity index (χ3v) is 4.61. The van der Waals surface area contributed by atoms with Crippen LogP contribution in [0.1, 0.15) is 30.6 Å². The van der Waals surface area contributed by atoms with Gasteiger partial charge in [0.05, 0.1) is 0 Å². The molecule has 1 aliphatic heterocycles. The first kappa shape index (κ1) is 16.5. The molecule has 1 amide bonds. The van der Waals surface area contributed by atoms with E-state index in [0.717, 1.165) is 25.5 Å². The molecule has 128 valence electrons. The Kier molecular flexibility index (Phi) is 4.83. The SMILES string of the molecule is Cc1nc(CCC(=O)N2CCN(c3ccccc3C)C[C@@H]2C)n[nH]1. The molecular weight excluding hydrogens is 302 g/mol. The molecule has 0 spiro atoms. The second-order valence-electron chi connectivity index (χ2n) is 6.51. The van der Waals surface area contributed by atoms with Crippen molar-refractivity contribution in [1.29, 1.82) is 0 Å². The number of aromatic amines is 1. The van der Waals surface area contributed by atoms with E-state index in [0.29, 0.717) is 18.7 Å². The standard InChI is InChI=1S/C18H25N5O/c1-13-6-4-5-7-16(13)22-10-11-23(14(2)12-22)18(24)9-8-17-19-15(3)20-21-17/h4-7,14H,8-12H2,1-3H3,(H,19,20,21)/t14-/m0/s1. The van der Waals surface area contributed by atoms with Gasteiger partial charge in [-0.3, -0.25) is 9.89 Å². The van der Waals surface area contributed by atoms with E-state index in [1.54, 1.807) is 0 Å². The van der Waals surface area contributed by atoms with Crippen molar-refractivity contribution in [2.24, 2.45) is 0 Å². The van der Waals surface area contributed by atoms with Crippen LogP contribution in [0, 0.1) is 13.8 Å². The number of para-hydroxylation sites is 1. The summed E-state index contributed by atoms with van der Waals surface area (Å²) < 4.78 is 0. The number of rotatable bonds is 4. The molecule has 24 heavy (non-hydrogen) atoms. The van der Waals surface area contributed by atoms with Gasteiger partial charge in [-0.25, -0.2) is 4.98 Å². The van der Waals surface area contributed by atoms with Crippen molar-refractivity contribution >= 4 is 11.6 Å². The molecule has 0 saturated carbocycles. The number of hydrogen-bond donors (Lipinski definition) is 1. The van der Waals surface area contributed by atoms with Gasteiger partial charge in [0.25, 0.3) is 0 Å². The lowest BCUT2D eigenvalue weighted by atomic mass is 10.1. The van der Waals surface area contributed by atoms with Crippen molar-refractivity contribution in [3.05, 3.63) is 41.5 Å². The van der Waals surface area contributed by atoms with Gasteiger partial charge in [-0.05, 0) is 32.4 Å². The lowest BCUT2D eigenvalue weighted by Gasteiger charge is -2.41. The molecule has 1 saturated heterocycles. The molecule has 1 fully saturated rings. The molecule has 0 unspecified atom stereocenters. The van der Waals surface area contributed by atoms with Crippen LogP contribution in [0.25, 0.3) is 0 Å². The quantitative estimate of drug-likeness (QED) is 0.934. The fraction of sp³-hybridized carbons (Fsp3) is 0.500. The number of carbonyl (C=O) groups is 1. The van der Waals surface area contributed by atoms with Crippen molar-refractivity contribution < 1.29 is 4.79 Å². The number of anilines is 1. The fourth-order valence-corrected chi connectivity index (χ4v) is 3.33. The Balaban J connectivity index is 1.57. The summed E-state index contributed by atoms with van der Waals surface area (Å²) in [5, 5.41) is 6.92. The predicted molar refractivity (Wildman–Crippen MR) is 94.0 cm³/mol. The smallest absolute Gasteiger partial charge is 0.223 e. The number of carbonyl (C=O) groups excluding carboxylic acids is 1. The van der Waals surface area contributed by atoms with Crippen molar-refractivity contribution in [2.45, 2.75) is 39.7 Å². The van der Waals surface area contributed by atoms with Crippen molar-refractivity contribution in [1.82, 2.24) is 20.1 Å². The first-order valence-electron chi connectivity index (χ1n) is 8.52. The number of aryl methyl sites for hydroxylation is 3. The third kappa shape index (κ3) is 3.58. The molecule has 2 heterocycles. The third-order valence-electron chi connectivity index (χ3n) is 4.61. The highest BCUT2D eigenvalue weighted by Gasteiger charge is 2.27.